The molecule has 0 aliphatic carbocycles. The lowest BCUT2D eigenvalue weighted by Gasteiger charge is -2.25. The molecule has 2 amide bonds. The molecule has 0 N–H and O–H groups in total. The topological polar surface area (TPSA) is 133 Å². The number of hydrogen-bond donors (Lipinski definition) is 0. The molecule has 0 saturated heterocycles. The largest absolute Gasteiger partial charge is 0.285 e. The lowest BCUT2D eigenvalue weighted by Crippen LogP contribution is -2.40. The summed E-state index contributed by atoms with van der Waals surface area (Å²) in [5.74, 6) is -1.73. The molecule has 0 radical (unpaired) electrons. The summed E-state index contributed by atoms with van der Waals surface area (Å²) in [6.45, 7) is 1.53. The number of hydroxylamine groups is 2. The van der Waals surface area contributed by atoms with Crippen LogP contribution in [0.15, 0.2) is 22.7 Å². The van der Waals surface area contributed by atoms with Crippen LogP contribution in [0.1, 0.15) is 27.6 Å². The average molecular weight is 410 g/mol. The van der Waals surface area contributed by atoms with Gasteiger partial charge < -0.3 is 0 Å². The minimum absolute atomic E-state index is 0.0104. The number of rotatable bonds is 4. The van der Waals surface area contributed by atoms with E-state index in [1.165, 1.54) is 0 Å². The summed E-state index contributed by atoms with van der Waals surface area (Å²) in [5, 5.41) is 23.0. The van der Waals surface area contributed by atoms with Crippen molar-refractivity contribution in [2.45, 2.75) is 6.92 Å². The summed E-state index contributed by atoms with van der Waals surface area (Å²) in [6, 6.07) is 3.11. The minimum Gasteiger partial charge on any atom is -0.266 e. The van der Waals surface area contributed by atoms with E-state index in [0.717, 1.165) is 18.2 Å². The Morgan fingerprint density at radius 3 is 2.20 bits per heavy atom. The smallest absolute Gasteiger partial charge is 0.266 e. The number of non-ortho nitro benzene ring substituents is 1. The molecular formula is C14H8BrN3O7. The normalized spacial score (nSPS) is 13.4. The second-order valence-electron chi connectivity index (χ2n) is 5.01. The van der Waals surface area contributed by atoms with Crippen LogP contribution in [-0.4, -0.2) is 33.3 Å². The quantitative estimate of drug-likeness (QED) is 0.430. The molecule has 0 bridgehead atoms. The van der Waals surface area contributed by atoms with E-state index in [0.29, 0.717) is 5.06 Å². The van der Waals surface area contributed by atoms with Gasteiger partial charge in [0.25, 0.3) is 23.2 Å². The number of nitro benzene ring substituents is 2. The highest BCUT2D eigenvalue weighted by Gasteiger charge is 2.38. The minimum atomic E-state index is -0.867. The van der Waals surface area contributed by atoms with Crippen molar-refractivity contribution in [1.29, 1.82) is 0 Å². The maximum atomic E-state index is 12.5. The fourth-order valence-electron chi connectivity index (χ4n) is 2.63. The Bertz CT molecular complexity index is 966. The molecule has 128 valence electrons. The van der Waals surface area contributed by atoms with Crippen LogP contribution in [0.5, 0.6) is 0 Å². The van der Waals surface area contributed by atoms with E-state index >= 15 is 0 Å². The van der Waals surface area contributed by atoms with E-state index in [2.05, 4.69) is 15.9 Å². The first-order valence-electron chi connectivity index (χ1n) is 6.88. The fourth-order valence-corrected chi connectivity index (χ4v) is 3.21. The van der Waals surface area contributed by atoms with Gasteiger partial charge in [-0.05, 0) is 22.9 Å². The molecule has 0 unspecified atom stereocenters. The Balaban J connectivity index is 2.48. The van der Waals surface area contributed by atoms with Gasteiger partial charge in [0.15, 0.2) is 0 Å². The maximum Gasteiger partial charge on any atom is 0.285 e. The van der Waals surface area contributed by atoms with Crippen LogP contribution < -0.4 is 0 Å². The van der Waals surface area contributed by atoms with Gasteiger partial charge in [0.1, 0.15) is 4.47 Å². The van der Waals surface area contributed by atoms with Gasteiger partial charge >= 0.3 is 0 Å². The molecule has 0 saturated carbocycles. The first-order chi connectivity index (χ1) is 11.8. The van der Waals surface area contributed by atoms with Gasteiger partial charge in [-0.1, -0.05) is 0 Å². The van der Waals surface area contributed by atoms with Crippen molar-refractivity contribution >= 4 is 49.9 Å². The summed E-state index contributed by atoms with van der Waals surface area (Å²) in [7, 11) is 0. The highest BCUT2D eigenvalue weighted by Crippen LogP contribution is 2.41. The molecule has 11 heteroatoms. The standard InChI is InChI=1S/C14H8BrN3O7/c1-2-25-16-13(19)8-4-6(17(21)22)3-7-11(8)9(14(16)20)5-10(12(7)15)18(23)24/h3-5H,2H2,1H3. The summed E-state index contributed by atoms with van der Waals surface area (Å²) in [5.41, 5.74) is -1.16. The van der Waals surface area contributed by atoms with Crippen LogP contribution in [0.2, 0.25) is 0 Å². The molecular weight excluding hydrogens is 402 g/mol. The van der Waals surface area contributed by atoms with E-state index in [4.69, 9.17) is 4.84 Å². The van der Waals surface area contributed by atoms with Crippen LogP contribution in [0.3, 0.4) is 0 Å². The first kappa shape index (κ1) is 16.9. The van der Waals surface area contributed by atoms with Gasteiger partial charge in [0.05, 0.1) is 27.6 Å². The zero-order valence-corrected chi connectivity index (χ0v) is 14.1. The third-order valence-corrected chi connectivity index (χ3v) is 4.46. The van der Waals surface area contributed by atoms with Gasteiger partial charge in [0, 0.05) is 29.0 Å². The molecule has 0 spiro atoms. The molecule has 10 nitrogen and oxygen atoms in total. The Hall–Kier alpha value is -2.92. The number of carbonyl (C=O) groups excluding carboxylic acids is 2. The van der Waals surface area contributed by atoms with E-state index in [1.807, 2.05) is 0 Å². The Morgan fingerprint density at radius 1 is 1.08 bits per heavy atom. The lowest BCUT2D eigenvalue weighted by atomic mass is 9.93. The van der Waals surface area contributed by atoms with Gasteiger partial charge in [0.2, 0.25) is 0 Å². The van der Waals surface area contributed by atoms with Crippen molar-refractivity contribution in [2.24, 2.45) is 0 Å². The lowest BCUT2D eigenvalue weighted by molar-refractivity contribution is -0.385. The van der Waals surface area contributed by atoms with E-state index in [-0.39, 0.29) is 33.0 Å². The predicted octanol–water partition coefficient (Wildman–Crippen LogP) is 2.97. The predicted molar refractivity (Wildman–Crippen MR) is 87.1 cm³/mol. The number of benzene rings is 2. The van der Waals surface area contributed by atoms with Crippen molar-refractivity contribution < 1.29 is 24.3 Å². The molecule has 2 aromatic carbocycles. The molecule has 1 aliphatic rings. The molecule has 2 aromatic rings. The summed E-state index contributed by atoms with van der Waals surface area (Å²) in [6.07, 6.45) is 0. The first-order valence-corrected chi connectivity index (χ1v) is 7.68. The highest BCUT2D eigenvalue weighted by molar-refractivity contribution is 9.10. The van der Waals surface area contributed by atoms with E-state index in [1.54, 1.807) is 6.92 Å². The number of hydrogen-bond acceptors (Lipinski definition) is 7. The van der Waals surface area contributed by atoms with Gasteiger partial charge in [-0.2, -0.15) is 0 Å². The molecule has 25 heavy (non-hydrogen) atoms. The number of halogens is 1. The molecule has 1 aliphatic heterocycles. The van der Waals surface area contributed by atoms with Gasteiger partial charge in [-0.3, -0.25) is 34.7 Å². The Kier molecular flexibility index (Phi) is 3.97. The number of nitro groups is 2. The van der Waals surface area contributed by atoms with Crippen molar-refractivity contribution in [2.75, 3.05) is 6.61 Å². The van der Waals surface area contributed by atoms with Crippen LogP contribution in [0.25, 0.3) is 10.8 Å². The summed E-state index contributed by atoms with van der Waals surface area (Å²) < 4.78 is -0.0494. The van der Waals surface area contributed by atoms with Crippen molar-refractivity contribution in [3.8, 4) is 0 Å². The molecule has 0 aromatic heterocycles. The van der Waals surface area contributed by atoms with E-state index < -0.39 is 33.0 Å². The van der Waals surface area contributed by atoms with Crippen molar-refractivity contribution in [3.05, 3.63) is 54.0 Å². The summed E-state index contributed by atoms with van der Waals surface area (Å²) in [4.78, 5) is 51.0. The van der Waals surface area contributed by atoms with Crippen LogP contribution in [-0.2, 0) is 4.84 Å². The van der Waals surface area contributed by atoms with Crippen LogP contribution >= 0.6 is 15.9 Å². The van der Waals surface area contributed by atoms with Crippen molar-refractivity contribution in [3.63, 3.8) is 0 Å². The second kappa shape index (κ2) is 5.86. The zero-order valence-electron chi connectivity index (χ0n) is 12.5. The number of imide groups is 1. The Labute approximate surface area is 147 Å². The number of nitrogens with zero attached hydrogens (tertiary/aromatic N) is 3. The number of amides is 2. The van der Waals surface area contributed by atoms with Gasteiger partial charge in [-0.15, -0.1) is 5.06 Å². The molecule has 1 heterocycles. The Morgan fingerprint density at radius 2 is 1.68 bits per heavy atom. The SMILES string of the molecule is CCON1C(=O)c2cc([N+](=O)[O-])cc3c(Br)c([N+](=O)[O-])cc(c23)C1=O. The fraction of sp³-hybridized carbons (Fsp3) is 0.143. The van der Waals surface area contributed by atoms with Crippen LogP contribution in [0, 0.1) is 20.2 Å². The third kappa shape index (κ3) is 2.44. The zero-order chi connectivity index (χ0) is 18.5. The van der Waals surface area contributed by atoms with Crippen LogP contribution in [0.4, 0.5) is 11.4 Å². The average Bonchev–Trinajstić information content (AvgIpc) is 2.56. The molecule has 3 rings (SSSR count). The van der Waals surface area contributed by atoms with Gasteiger partial charge in [-0.25, -0.2) is 0 Å². The monoisotopic (exact) mass is 409 g/mol. The molecule has 0 atom stereocenters. The highest BCUT2D eigenvalue weighted by atomic mass is 79.9. The molecule has 0 fully saturated rings. The third-order valence-electron chi connectivity index (χ3n) is 3.63. The van der Waals surface area contributed by atoms with E-state index in [9.17, 15) is 29.8 Å². The second-order valence-corrected chi connectivity index (χ2v) is 5.80. The van der Waals surface area contributed by atoms with Crippen molar-refractivity contribution in [1.82, 2.24) is 5.06 Å². The number of carbonyl (C=O) groups is 2. The maximum absolute atomic E-state index is 12.5. The summed E-state index contributed by atoms with van der Waals surface area (Å²) >= 11 is 3.04.